The van der Waals surface area contributed by atoms with Gasteiger partial charge in [-0.15, -0.1) is 0 Å². The zero-order valence-corrected chi connectivity index (χ0v) is 10.9. The molecule has 0 saturated carbocycles. The van der Waals surface area contributed by atoms with Crippen molar-refractivity contribution in [1.29, 1.82) is 0 Å². The number of aryl methyl sites for hydroxylation is 1. The van der Waals surface area contributed by atoms with Crippen LogP contribution in [0.4, 0.5) is 0 Å². The molecule has 0 saturated heterocycles. The Balaban J connectivity index is 2.76. The van der Waals surface area contributed by atoms with Crippen LogP contribution < -0.4 is 5.56 Å². The smallest absolute Gasteiger partial charge is 0.254 e. The van der Waals surface area contributed by atoms with Gasteiger partial charge in [0.05, 0.1) is 10.7 Å². The highest BCUT2D eigenvalue weighted by Gasteiger charge is 2.11. The molecule has 0 bridgehead atoms. The first-order valence-corrected chi connectivity index (χ1v) is 5.77. The molecule has 1 aromatic carbocycles. The molecule has 2 aromatic rings. The lowest BCUT2D eigenvalue weighted by Gasteiger charge is -2.08. The number of hydrogen-bond acceptors (Lipinski definition) is 2. The minimum Gasteiger partial charge on any atom is -0.311 e. The Labute approximate surface area is 108 Å². The average Bonchev–Trinajstić information content (AvgIpc) is 2.27. The molecule has 3 nitrogen and oxygen atoms in total. The van der Waals surface area contributed by atoms with E-state index in [1.165, 1.54) is 0 Å². The highest BCUT2D eigenvalue weighted by atomic mass is 35.5. The van der Waals surface area contributed by atoms with Crippen LogP contribution in [0.2, 0.25) is 10.0 Å². The lowest BCUT2D eigenvalue weighted by molar-refractivity contribution is 0.999. The van der Waals surface area contributed by atoms with Gasteiger partial charge >= 0.3 is 0 Å². The largest absolute Gasteiger partial charge is 0.311 e. The fourth-order valence-electron chi connectivity index (χ4n) is 1.59. The Morgan fingerprint density at radius 2 is 1.94 bits per heavy atom. The summed E-state index contributed by atoms with van der Waals surface area (Å²) in [5.41, 5.74) is 1.60. The maximum atomic E-state index is 11.7. The van der Waals surface area contributed by atoms with Crippen LogP contribution in [0.3, 0.4) is 0 Å². The molecule has 0 aliphatic heterocycles. The first-order chi connectivity index (χ1) is 7.99. The third-order valence-corrected chi connectivity index (χ3v) is 3.02. The van der Waals surface area contributed by atoms with Crippen molar-refractivity contribution in [2.75, 3.05) is 0 Å². The number of halogens is 2. The molecule has 88 valence electrons. The van der Waals surface area contributed by atoms with Gasteiger partial charge in [-0.2, -0.15) is 0 Å². The van der Waals surface area contributed by atoms with Crippen molar-refractivity contribution in [3.63, 3.8) is 0 Å². The molecule has 17 heavy (non-hydrogen) atoms. The second-order valence-corrected chi connectivity index (χ2v) is 4.59. The van der Waals surface area contributed by atoms with Crippen LogP contribution in [0, 0.1) is 13.8 Å². The van der Waals surface area contributed by atoms with Gasteiger partial charge in [0.1, 0.15) is 5.82 Å². The fraction of sp³-hybridized carbons (Fsp3) is 0.167. The van der Waals surface area contributed by atoms with Gasteiger partial charge in [-0.3, -0.25) is 4.79 Å². The minimum atomic E-state index is -0.163. The van der Waals surface area contributed by atoms with Gasteiger partial charge in [-0.1, -0.05) is 23.2 Å². The third kappa shape index (κ3) is 2.35. The van der Waals surface area contributed by atoms with Crippen LogP contribution in [0.5, 0.6) is 0 Å². The Bertz CT molecular complexity index is 635. The van der Waals surface area contributed by atoms with E-state index in [0.29, 0.717) is 32.7 Å². The maximum absolute atomic E-state index is 11.7. The molecule has 0 unspecified atom stereocenters. The standard InChI is InChI=1S/C12H10Cl2N2O/c1-6-11(15-7(2)16-12(6)17)9-5-8(13)3-4-10(9)14/h3-5H,1-2H3,(H,15,16,17). The van der Waals surface area contributed by atoms with E-state index in [4.69, 9.17) is 23.2 Å². The zero-order valence-electron chi connectivity index (χ0n) is 9.34. The third-order valence-electron chi connectivity index (χ3n) is 2.45. The number of nitrogens with one attached hydrogen (secondary N) is 1. The Morgan fingerprint density at radius 1 is 1.24 bits per heavy atom. The van der Waals surface area contributed by atoms with Gasteiger partial charge in [0.15, 0.2) is 0 Å². The molecule has 0 aliphatic rings. The van der Waals surface area contributed by atoms with Crippen LogP contribution in [0.15, 0.2) is 23.0 Å². The van der Waals surface area contributed by atoms with Crippen molar-refractivity contribution in [2.45, 2.75) is 13.8 Å². The van der Waals surface area contributed by atoms with Crippen LogP contribution >= 0.6 is 23.2 Å². The van der Waals surface area contributed by atoms with E-state index in [2.05, 4.69) is 9.97 Å². The van der Waals surface area contributed by atoms with Crippen molar-refractivity contribution in [3.8, 4) is 11.3 Å². The fourth-order valence-corrected chi connectivity index (χ4v) is 1.97. The predicted molar refractivity (Wildman–Crippen MR) is 69.8 cm³/mol. The van der Waals surface area contributed by atoms with E-state index < -0.39 is 0 Å². The summed E-state index contributed by atoms with van der Waals surface area (Å²) in [6, 6.07) is 5.09. The van der Waals surface area contributed by atoms with E-state index in [9.17, 15) is 4.79 Å². The van der Waals surface area contributed by atoms with Crippen molar-refractivity contribution in [2.24, 2.45) is 0 Å². The minimum absolute atomic E-state index is 0.163. The van der Waals surface area contributed by atoms with Crippen molar-refractivity contribution in [1.82, 2.24) is 9.97 Å². The van der Waals surface area contributed by atoms with Gasteiger partial charge in [-0.25, -0.2) is 4.98 Å². The molecular weight excluding hydrogens is 259 g/mol. The average molecular weight is 269 g/mol. The number of H-pyrrole nitrogens is 1. The zero-order chi connectivity index (χ0) is 12.6. The van der Waals surface area contributed by atoms with E-state index in [0.717, 1.165) is 0 Å². The lowest BCUT2D eigenvalue weighted by atomic mass is 10.1. The monoisotopic (exact) mass is 268 g/mol. The topological polar surface area (TPSA) is 45.8 Å². The van der Waals surface area contributed by atoms with E-state index >= 15 is 0 Å². The number of aromatic amines is 1. The second kappa shape index (κ2) is 4.51. The first-order valence-electron chi connectivity index (χ1n) is 5.02. The van der Waals surface area contributed by atoms with Gasteiger partial charge in [-0.05, 0) is 32.0 Å². The summed E-state index contributed by atoms with van der Waals surface area (Å²) in [6.45, 7) is 3.43. The van der Waals surface area contributed by atoms with Gasteiger partial charge in [0, 0.05) is 16.1 Å². The molecule has 0 radical (unpaired) electrons. The summed E-state index contributed by atoms with van der Waals surface area (Å²) in [6.07, 6.45) is 0. The summed E-state index contributed by atoms with van der Waals surface area (Å²) in [5.74, 6) is 0.548. The summed E-state index contributed by atoms with van der Waals surface area (Å²) < 4.78 is 0. The quantitative estimate of drug-likeness (QED) is 0.862. The molecule has 1 aromatic heterocycles. The summed E-state index contributed by atoms with van der Waals surface area (Å²) >= 11 is 12.0. The maximum Gasteiger partial charge on any atom is 0.254 e. The van der Waals surface area contributed by atoms with Gasteiger partial charge < -0.3 is 4.98 Å². The predicted octanol–water partition coefficient (Wildman–Crippen LogP) is 3.36. The molecule has 0 aliphatic carbocycles. The molecule has 1 heterocycles. The molecule has 5 heteroatoms. The summed E-state index contributed by atoms with van der Waals surface area (Å²) in [5, 5.41) is 1.08. The van der Waals surface area contributed by atoms with E-state index in [1.807, 2.05) is 0 Å². The molecule has 0 amide bonds. The molecule has 0 fully saturated rings. The molecule has 1 N–H and O–H groups in total. The SMILES string of the molecule is Cc1nc(-c2cc(Cl)ccc2Cl)c(C)c(=O)[nH]1. The summed E-state index contributed by atoms with van der Waals surface area (Å²) in [7, 11) is 0. The Morgan fingerprint density at radius 3 is 2.65 bits per heavy atom. The number of benzene rings is 1. The molecular formula is C12H10Cl2N2O. The van der Waals surface area contributed by atoms with Gasteiger partial charge in [0.2, 0.25) is 0 Å². The summed E-state index contributed by atoms with van der Waals surface area (Å²) in [4.78, 5) is 18.6. The van der Waals surface area contributed by atoms with E-state index in [-0.39, 0.29) is 5.56 Å². The van der Waals surface area contributed by atoms with Gasteiger partial charge in [0.25, 0.3) is 5.56 Å². The number of rotatable bonds is 1. The van der Waals surface area contributed by atoms with Crippen LogP contribution in [-0.2, 0) is 0 Å². The van der Waals surface area contributed by atoms with Crippen molar-refractivity contribution in [3.05, 3.63) is 50.0 Å². The normalized spacial score (nSPS) is 10.6. The van der Waals surface area contributed by atoms with Crippen LogP contribution in [-0.4, -0.2) is 9.97 Å². The van der Waals surface area contributed by atoms with E-state index in [1.54, 1.807) is 32.0 Å². The highest BCUT2D eigenvalue weighted by molar-refractivity contribution is 6.35. The Kier molecular flexibility index (Phi) is 3.22. The van der Waals surface area contributed by atoms with Crippen molar-refractivity contribution >= 4 is 23.2 Å². The molecule has 0 atom stereocenters. The highest BCUT2D eigenvalue weighted by Crippen LogP contribution is 2.30. The molecule has 0 spiro atoms. The lowest BCUT2D eigenvalue weighted by Crippen LogP contribution is -2.14. The Hall–Kier alpha value is -1.32. The second-order valence-electron chi connectivity index (χ2n) is 3.75. The van der Waals surface area contributed by atoms with Crippen LogP contribution in [0.25, 0.3) is 11.3 Å². The van der Waals surface area contributed by atoms with Crippen molar-refractivity contribution < 1.29 is 0 Å². The molecule has 2 rings (SSSR count). The number of aromatic nitrogens is 2. The van der Waals surface area contributed by atoms with Crippen LogP contribution in [0.1, 0.15) is 11.4 Å². The first kappa shape index (κ1) is 12.1. The number of nitrogens with zero attached hydrogens (tertiary/aromatic N) is 1. The number of hydrogen-bond donors (Lipinski definition) is 1.